The Balaban J connectivity index is 1.91. The lowest BCUT2D eigenvalue weighted by atomic mass is 10.3. The predicted octanol–water partition coefficient (Wildman–Crippen LogP) is 2.32. The van der Waals surface area contributed by atoms with Crippen LogP contribution in [-0.2, 0) is 18.3 Å². The van der Waals surface area contributed by atoms with E-state index in [1.54, 1.807) is 0 Å². The molecular weight excluding hydrogens is 200 g/mol. The number of aromatic nitrogens is 1. The summed E-state index contributed by atoms with van der Waals surface area (Å²) in [6.07, 6.45) is 5.56. The van der Waals surface area contributed by atoms with E-state index < -0.39 is 0 Å². The van der Waals surface area contributed by atoms with Gasteiger partial charge in [0.25, 0.3) is 0 Å². The van der Waals surface area contributed by atoms with E-state index in [0.29, 0.717) is 0 Å². The van der Waals surface area contributed by atoms with Crippen molar-refractivity contribution in [1.82, 2.24) is 9.88 Å². The molecule has 92 valence electrons. The van der Waals surface area contributed by atoms with E-state index in [2.05, 4.69) is 42.2 Å². The lowest BCUT2D eigenvalue weighted by Crippen LogP contribution is -2.18. The van der Waals surface area contributed by atoms with Crippen molar-refractivity contribution >= 4 is 0 Å². The number of unbranched alkanes of at least 4 members (excludes halogenated alkanes) is 1. The maximum absolute atomic E-state index is 5.49. The topological polar surface area (TPSA) is 26.2 Å². The van der Waals surface area contributed by atoms with Gasteiger partial charge in [-0.1, -0.05) is 13.3 Å². The standard InChI is InChI=1S/C13H24N2O/c1-3-4-10-16-11-6-8-14-12-13-7-5-9-15(13)2/h5,7,9,14H,3-4,6,8,10-12H2,1-2H3. The van der Waals surface area contributed by atoms with Gasteiger partial charge >= 0.3 is 0 Å². The molecule has 1 aromatic heterocycles. The number of hydrogen-bond donors (Lipinski definition) is 1. The Bertz CT molecular complexity index is 271. The number of ether oxygens (including phenoxy) is 1. The Labute approximate surface area is 98.8 Å². The molecule has 16 heavy (non-hydrogen) atoms. The zero-order valence-corrected chi connectivity index (χ0v) is 10.5. The van der Waals surface area contributed by atoms with Gasteiger partial charge in [-0.2, -0.15) is 0 Å². The Hall–Kier alpha value is -0.800. The minimum atomic E-state index is 0.875. The van der Waals surface area contributed by atoms with Gasteiger partial charge in [-0.25, -0.2) is 0 Å². The molecule has 0 fully saturated rings. The van der Waals surface area contributed by atoms with Crippen LogP contribution >= 0.6 is 0 Å². The van der Waals surface area contributed by atoms with E-state index in [9.17, 15) is 0 Å². The van der Waals surface area contributed by atoms with Gasteiger partial charge in [0, 0.05) is 38.7 Å². The lowest BCUT2D eigenvalue weighted by Gasteiger charge is -2.06. The van der Waals surface area contributed by atoms with E-state index in [-0.39, 0.29) is 0 Å². The summed E-state index contributed by atoms with van der Waals surface area (Å²) in [6.45, 7) is 5.94. The van der Waals surface area contributed by atoms with Crippen LogP contribution in [0, 0.1) is 0 Å². The normalized spacial score (nSPS) is 10.9. The summed E-state index contributed by atoms with van der Waals surface area (Å²) in [5.74, 6) is 0. The van der Waals surface area contributed by atoms with Crippen molar-refractivity contribution in [2.45, 2.75) is 32.7 Å². The number of hydrogen-bond acceptors (Lipinski definition) is 2. The summed E-state index contributed by atoms with van der Waals surface area (Å²) < 4.78 is 7.63. The van der Waals surface area contributed by atoms with Crippen LogP contribution in [0.25, 0.3) is 0 Å². The second-order valence-corrected chi connectivity index (χ2v) is 4.11. The molecule has 1 N–H and O–H groups in total. The Morgan fingerprint density at radius 2 is 2.12 bits per heavy atom. The van der Waals surface area contributed by atoms with Gasteiger partial charge in [0.2, 0.25) is 0 Å². The zero-order valence-electron chi connectivity index (χ0n) is 10.5. The summed E-state index contributed by atoms with van der Waals surface area (Å²) in [4.78, 5) is 0. The van der Waals surface area contributed by atoms with Gasteiger partial charge in [0.15, 0.2) is 0 Å². The highest BCUT2D eigenvalue weighted by Crippen LogP contribution is 1.98. The van der Waals surface area contributed by atoms with Crippen LogP contribution in [0.5, 0.6) is 0 Å². The van der Waals surface area contributed by atoms with Gasteiger partial charge < -0.3 is 14.6 Å². The monoisotopic (exact) mass is 224 g/mol. The number of nitrogens with one attached hydrogen (secondary N) is 1. The van der Waals surface area contributed by atoms with E-state index in [1.165, 1.54) is 18.5 Å². The van der Waals surface area contributed by atoms with Crippen LogP contribution < -0.4 is 5.32 Å². The number of nitrogens with zero attached hydrogens (tertiary/aromatic N) is 1. The van der Waals surface area contributed by atoms with Crippen molar-refractivity contribution < 1.29 is 4.74 Å². The molecule has 0 saturated carbocycles. The number of rotatable bonds is 9. The second-order valence-electron chi connectivity index (χ2n) is 4.11. The summed E-state index contributed by atoms with van der Waals surface area (Å²) in [5.41, 5.74) is 1.33. The molecule has 0 spiro atoms. The lowest BCUT2D eigenvalue weighted by molar-refractivity contribution is 0.128. The fourth-order valence-electron chi connectivity index (χ4n) is 1.54. The zero-order chi connectivity index (χ0) is 11.6. The van der Waals surface area contributed by atoms with Gasteiger partial charge in [-0.3, -0.25) is 0 Å². The van der Waals surface area contributed by atoms with Crippen LogP contribution in [0.15, 0.2) is 18.3 Å². The minimum absolute atomic E-state index is 0.875. The molecule has 0 atom stereocenters. The van der Waals surface area contributed by atoms with Crippen molar-refractivity contribution in [3.63, 3.8) is 0 Å². The Morgan fingerprint density at radius 1 is 1.31 bits per heavy atom. The molecule has 0 saturated heterocycles. The smallest absolute Gasteiger partial charge is 0.0478 e. The number of aryl methyl sites for hydroxylation is 1. The molecule has 1 aromatic rings. The molecule has 0 radical (unpaired) electrons. The third-order valence-corrected chi connectivity index (χ3v) is 2.64. The van der Waals surface area contributed by atoms with Crippen LogP contribution in [-0.4, -0.2) is 24.3 Å². The SMILES string of the molecule is CCCCOCCCNCc1cccn1C. The van der Waals surface area contributed by atoms with Crippen molar-refractivity contribution in [3.05, 3.63) is 24.0 Å². The largest absolute Gasteiger partial charge is 0.381 e. The van der Waals surface area contributed by atoms with Crippen molar-refractivity contribution in [3.8, 4) is 0 Å². The molecule has 1 rings (SSSR count). The van der Waals surface area contributed by atoms with Crippen molar-refractivity contribution in [2.24, 2.45) is 7.05 Å². The first-order valence-electron chi connectivity index (χ1n) is 6.23. The van der Waals surface area contributed by atoms with Gasteiger partial charge in [-0.15, -0.1) is 0 Å². The third-order valence-electron chi connectivity index (χ3n) is 2.64. The molecule has 3 heteroatoms. The Morgan fingerprint density at radius 3 is 2.81 bits per heavy atom. The van der Waals surface area contributed by atoms with Crippen molar-refractivity contribution in [1.29, 1.82) is 0 Å². The van der Waals surface area contributed by atoms with Gasteiger partial charge in [0.1, 0.15) is 0 Å². The molecule has 0 aliphatic rings. The van der Waals surface area contributed by atoms with Crippen LogP contribution in [0.4, 0.5) is 0 Å². The maximum Gasteiger partial charge on any atom is 0.0478 e. The summed E-state index contributed by atoms with van der Waals surface area (Å²) in [5, 5.41) is 3.42. The van der Waals surface area contributed by atoms with Crippen molar-refractivity contribution in [2.75, 3.05) is 19.8 Å². The quantitative estimate of drug-likeness (QED) is 0.652. The van der Waals surface area contributed by atoms with E-state index in [0.717, 1.165) is 32.7 Å². The average Bonchev–Trinajstić information content (AvgIpc) is 2.68. The fraction of sp³-hybridized carbons (Fsp3) is 0.692. The van der Waals surface area contributed by atoms with E-state index in [1.807, 2.05) is 0 Å². The second kappa shape index (κ2) is 8.36. The molecule has 0 aliphatic carbocycles. The van der Waals surface area contributed by atoms with E-state index in [4.69, 9.17) is 4.74 Å². The average molecular weight is 224 g/mol. The predicted molar refractivity (Wildman–Crippen MR) is 67.5 cm³/mol. The highest BCUT2D eigenvalue weighted by Gasteiger charge is 1.95. The highest BCUT2D eigenvalue weighted by molar-refractivity contribution is 5.05. The van der Waals surface area contributed by atoms with Gasteiger partial charge in [0.05, 0.1) is 0 Å². The van der Waals surface area contributed by atoms with Gasteiger partial charge in [-0.05, 0) is 31.5 Å². The summed E-state index contributed by atoms with van der Waals surface area (Å²) in [6, 6.07) is 4.22. The Kier molecular flexibility index (Phi) is 6.93. The first-order valence-corrected chi connectivity index (χ1v) is 6.23. The summed E-state index contributed by atoms with van der Waals surface area (Å²) >= 11 is 0. The molecule has 0 aliphatic heterocycles. The molecule has 0 unspecified atom stereocenters. The fourth-order valence-corrected chi connectivity index (χ4v) is 1.54. The molecule has 0 bridgehead atoms. The highest BCUT2D eigenvalue weighted by atomic mass is 16.5. The third kappa shape index (κ3) is 5.33. The molecule has 0 amide bonds. The molecule has 3 nitrogen and oxygen atoms in total. The summed E-state index contributed by atoms with van der Waals surface area (Å²) in [7, 11) is 2.07. The molecule has 0 aromatic carbocycles. The van der Waals surface area contributed by atoms with Crippen LogP contribution in [0.3, 0.4) is 0 Å². The first-order chi connectivity index (χ1) is 7.84. The minimum Gasteiger partial charge on any atom is -0.381 e. The molecular formula is C13H24N2O. The van der Waals surface area contributed by atoms with E-state index >= 15 is 0 Å². The maximum atomic E-state index is 5.49. The first kappa shape index (κ1) is 13.3. The van der Waals surface area contributed by atoms with Crippen LogP contribution in [0.1, 0.15) is 31.9 Å². The van der Waals surface area contributed by atoms with Crippen LogP contribution in [0.2, 0.25) is 0 Å². The molecule has 1 heterocycles.